The molecule has 0 fully saturated rings. The summed E-state index contributed by atoms with van der Waals surface area (Å²) in [4.78, 5) is 13.2. The van der Waals surface area contributed by atoms with Crippen molar-refractivity contribution in [2.24, 2.45) is 0 Å². The second-order valence-corrected chi connectivity index (χ2v) is 9.69. The summed E-state index contributed by atoms with van der Waals surface area (Å²) in [5.41, 5.74) is 1.71. The minimum atomic E-state index is -0.464. The fraction of sp³-hybridized carbons (Fsp3) is 0.621. The Bertz CT molecular complexity index is 931. The molecule has 0 saturated heterocycles. The van der Waals surface area contributed by atoms with Gasteiger partial charge >= 0.3 is 0 Å². The van der Waals surface area contributed by atoms with Crippen molar-refractivity contribution in [3.05, 3.63) is 48.8 Å². The zero-order valence-corrected chi connectivity index (χ0v) is 21.2. The van der Waals surface area contributed by atoms with Gasteiger partial charge in [-0.05, 0) is 30.7 Å². The average molecular weight is 465 g/mol. The largest absolute Gasteiger partial charge is 0.326 e. The molecule has 1 aromatic carbocycles. The van der Waals surface area contributed by atoms with E-state index in [9.17, 15) is 4.79 Å². The number of hydrogen-bond donors (Lipinski definition) is 0. The molecule has 0 bridgehead atoms. The van der Waals surface area contributed by atoms with E-state index < -0.39 is 6.17 Å². The van der Waals surface area contributed by atoms with Crippen LogP contribution in [0.5, 0.6) is 0 Å². The maximum Gasteiger partial charge on any atom is 0.188 e. The van der Waals surface area contributed by atoms with Gasteiger partial charge in [0, 0.05) is 18.8 Å². The molecule has 34 heavy (non-hydrogen) atoms. The van der Waals surface area contributed by atoms with E-state index in [2.05, 4.69) is 17.2 Å². The molecule has 0 aliphatic rings. The number of benzene rings is 1. The van der Waals surface area contributed by atoms with Crippen molar-refractivity contribution in [3.8, 4) is 0 Å². The van der Waals surface area contributed by atoms with Gasteiger partial charge < -0.3 is 4.57 Å². The summed E-state index contributed by atoms with van der Waals surface area (Å²) in [6.45, 7) is 2.28. The number of fused-ring (bicyclic) bond motifs is 1. The van der Waals surface area contributed by atoms with Crippen LogP contribution in [-0.4, -0.2) is 25.3 Å². The van der Waals surface area contributed by atoms with Crippen LogP contribution in [0.3, 0.4) is 0 Å². The van der Waals surface area contributed by atoms with E-state index in [0.29, 0.717) is 6.42 Å². The van der Waals surface area contributed by atoms with E-state index in [1.807, 2.05) is 53.4 Å². The summed E-state index contributed by atoms with van der Waals surface area (Å²) >= 11 is 0. The van der Waals surface area contributed by atoms with Crippen LogP contribution in [-0.2, 0) is 4.79 Å². The SMILES string of the molecule is CCCCCCCCCCCCCCCCCC(=O)C(n1cccc1)n1nnc2ccccc21. The molecular weight excluding hydrogens is 420 g/mol. The number of rotatable bonds is 19. The minimum absolute atomic E-state index is 0.196. The van der Waals surface area contributed by atoms with E-state index >= 15 is 0 Å². The van der Waals surface area contributed by atoms with Gasteiger partial charge in [-0.1, -0.05) is 114 Å². The zero-order chi connectivity index (χ0) is 23.8. The van der Waals surface area contributed by atoms with E-state index in [1.165, 1.54) is 83.5 Å². The standard InChI is InChI=1S/C29H44N4O/c1-2-3-4-5-6-7-8-9-10-11-12-13-14-15-16-23-28(34)29(32-24-19-20-25-32)33-27-22-18-17-21-26(27)30-31-33/h17-22,24-25,29H,2-16,23H2,1H3. The second-order valence-electron chi connectivity index (χ2n) is 9.69. The van der Waals surface area contributed by atoms with Gasteiger partial charge in [-0.2, -0.15) is 0 Å². The highest BCUT2D eigenvalue weighted by atomic mass is 16.1. The van der Waals surface area contributed by atoms with Crippen LogP contribution >= 0.6 is 0 Å². The van der Waals surface area contributed by atoms with Crippen molar-refractivity contribution in [1.82, 2.24) is 19.6 Å². The number of para-hydroxylation sites is 1. The Kier molecular flexibility index (Phi) is 11.9. The number of nitrogens with zero attached hydrogens (tertiary/aromatic N) is 4. The first-order chi connectivity index (χ1) is 16.8. The third-order valence-electron chi connectivity index (χ3n) is 6.83. The molecule has 2 aromatic heterocycles. The maximum atomic E-state index is 13.2. The van der Waals surface area contributed by atoms with Gasteiger partial charge in [0.15, 0.2) is 11.9 Å². The molecule has 0 radical (unpaired) electrons. The Morgan fingerprint density at radius 2 is 1.26 bits per heavy atom. The predicted octanol–water partition coefficient (Wildman–Crippen LogP) is 8.11. The van der Waals surface area contributed by atoms with Crippen LogP contribution < -0.4 is 0 Å². The number of Topliss-reactive ketones (excluding diaryl/α,β-unsaturated/α-hetero) is 1. The molecule has 0 N–H and O–H groups in total. The molecule has 5 nitrogen and oxygen atoms in total. The van der Waals surface area contributed by atoms with Gasteiger partial charge in [-0.25, -0.2) is 4.68 Å². The summed E-state index contributed by atoms with van der Waals surface area (Å²) in [7, 11) is 0. The molecule has 0 spiro atoms. The van der Waals surface area contributed by atoms with Crippen molar-refractivity contribution in [1.29, 1.82) is 0 Å². The highest BCUT2D eigenvalue weighted by Crippen LogP contribution is 2.21. The monoisotopic (exact) mass is 464 g/mol. The van der Waals surface area contributed by atoms with Crippen LogP contribution in [0.1, 0.15) is 116 Å². The number of hydrogen-bond acceptors (Lipinski definition) is 3. The third-order valence-corrected chi connectivity index (χ3v) is 6.83. The Hall–Kier alpha value is -2.43. The van der Waals surface area contributed by atoms with E-state index in [-0.39, 0.29) is 5.78 Å². The van der Waals surface area contributed by atoms with E-state index in [4.69, 9.17) is 0 Å². The van der Waals surface area contributed by atoms with Crippen molar-refractivity contribution < 1.29 is 4.79 Å². The topological polar surface area (TPSA) is 52.7 Å². The van der Waals surface area contributed by atoms with Crippen LogP contribution in [0.15, 0.2) is 48.8 Å². The summed E-state index contributed by atoms with van der Waals surface area (Å²) in [6.07, 6.45) is 23.9. The van der Waals surface area contributed by atoms with Gasteiger partial charge in [-0.3, -0.25) is 4.79 Å². The number of unbranched alkanes of at least 4 members (excludes halogenated alkanes) is 14. The molecule has 5 heteroatoms. The molecule has 0 amide bonds. The first kappa shape index (κ1) is 26.2. The maximum absolute atomic E-state index is 13.2. The third kappa shape index (κ3) is 8.41. The van der Waals surface area contributed by atoms with Crippen molar-refractivity contribution in [2.45, 2.75) is 116 Å². The van der Waals surface area contributed by atoms with E-state index in [1.54, 1.807) is 4.68 Å². The molecular formula is C29H44N4O. The molecule has 2 heterocycles. The molecule has 3 rings (SSSR count). The zero-order valence-electron chi connectivity index (χ0n) is 21.2. The Morgan fingerprint density at radius 1 is 0.735 bits per heavy atom. The lowest BCUT2D eigenvalue weighted by atomic mass is 10.0. The predicted molar refractivity (Wildman–Crippen MR) is 141 cm³/mol. The summed E-state index contributed by atoms with van der Waals surface area (Å²) < 4.78 is 3.71. The fourth-order valence-electron chi connectivity index (χ4n) is 4.81. The normalized spacial score (nSPS) is 12.4. The molecule has 0 aliphatic heterocycles. The van der Waals surface area contributed by atoms with Crippen LogP contribution in [0.25, 0.3) is 11.0 Å². The number of carbonyl (C=O) groups excluding carboxylic acids is 1. The first-order valence-electron chi connectivity index (χ1n) is 13.8. The van der Waals surface area contributed by atoms with Gasteiger partial charge in [0.25, 0.3) is 0 Å². The summed E-state index contributed by atoms with van der Waals surface area (Å²) in [6, 6.07) is 11.7. The first-order valence-corrected chi connectivity index (χ1v) is 13.8. The Labute approximate surface area is 205 Å². The number of carbonyl (C=O) groups is 1. The lowest BCUT2D eigenvalue weighted by Gasteiger charge is -2.18. The highest BCUT2D eigenvalue weighted by molar-refractivity contribution is 5.85. The van der Waals surface area contributed by atoms with Crippen molar-refractivity contribution in [2.75, 3.05) is 0 Å². The molecule has 0 saturated carbocycles. The van der Waals surface area contributed by atoms with E-state index in [0.717, 1.165) is 23.9 Å². The average Bonchev–Trinajstić information content (AvgIpc) is 3.53. The van der Waals surface area contributed by atoms with Crippen LogP contribution in [0.4, 0.5) is 0 Å². The van der Waals surface area contributed by atoms with Gasteiger partial charge in [0.2, 0.25) is 0 Å². The molecule has 1 unspecified atom stereocenters. The smallest absolute Gasteiger partial charge is 0.188 e. The highest BCUT2D eigenvalue weighted by Gasteiger charge is 2.24. The number of ketones is 1. The fourth-order valence-corrected chi connectivity index (χ4v) is 4.81. The lowest BCUT2D eigenvalue weighted by molar-refractivity contribution is -0.123. The van der Waals surface area contributed by atoms with Crippen molar-refractivity contribution in [3.63, 3.8) is 0 Å². The second kappa shape index (κ2) is 15.5. The minimum Gasteiger partial charge on any atom is -0.326 e. The Morgan fingerprint density at radius 3 is 1.85 bits per heavy atom. The molecule has 186 valence electrons. The van der Waals surface area contributed by atoms with Gasteiger partial charge in [0.1, 0.15) is 5.52 Å². The van der Waals surface area contributed by atoms with Crippen LogP contribution in [0.2, 0.25) is 0 Å². The van der Waals surface area contributed by atoms with Crippen LogP contribution in [0, 0.1) is 0 Å². The Balaban J connectivity index is 1.29. The van der Waals surface area contributed by atoms with Gasteiger partial charge in [-0.15, -0.1) is 5.10 Å². The lowest BCUT2D eigenvalue weighted by Crippen LogP contribution is -2.27. The molecule has 0 aliphatic carbocycles. The molecule has 1 atom stereocenters. The number of aromatic nitrogens is 4. The van der Waals surface area contributed by atoms with Gasteiger partial charge in [0.05, 0.1) is 5.52 Å². The van der Waals surface area contributed by atoms with Crippen molar-refractivity contribution >= 4 is 16.8 Å². The summed E-state index contributed by atoms with van der Waals surface area (Å²) in [5, 5.41) is 8.57. The molecule has 3 aromatic rings. The summed E-state index contributed by atoms with van der Waals surface area (Å²) in [5.74, 6) is 0.196. The quantitative estimate of drug-likeness (QED) is 0.168.